The first-order valence-corrected chi connectivity index (χ1v) is 10.4. The molecule has 1 heterocycles. The number of nitrogens with zero attached hydrogens (tertiary/aromatic N) is 3. The summed E-state index contributed by atoms with van der Waals surface area (Å²) in [5.74, 6) is -0.0727. The normalized spacial score (nSPS) is 13.8. The van der Waals surface area contributed by atoms with Crippen LogP contribution in [0.1, 0.15) is 12.0 Å². The maximum absolute atomic E-state index is 13.1. The van der Waals surface area contributed by atoms with Crippen LogP contribution in [-0.2, 0) is 9.59 Å². The molecular weight excluding hydrogens is 432 g/mol. The predicted molar refractivity (Wildman–Crippen MR) is 125 cm³/mol. The Hall–Kier alpha value is -3.59. The Morgan fingerprint density at radius 1 is 1.16 bits per heavy atom. The fourth-order valence-electron chi connectivity index (χ4n) is 3.41. The van der Waals surface area contributed by atoms with E-state index in [1.165, 1.54) is 7.05 Å². The van der Waals surface area contributed by atoms with Crippen molar-refractivity contribution in [2.75, 3.05) is 37.4 Å². The van der Waals surface area contributed by atoms with Crippen LogP contribution >= 0.6 is 11.6 Å². The van der Waals surface area contributed by atoms with Crippen LogP contribution in [0.3, 0.4) is 0 Å². The number of anilines is 2. The molecule has 0 fully saturated rings. The fraction of sp³-hybridized carbons (Fsp3) is 0.273. The second kappa shape index (κ2) is 10.1. The topological polar surface area (TPSA) is 120 Å². The van der Waals surface area contributed by atoms with Crippen molar-refractivity contribution in [3.63, 3.8) is 0 Å². The highest BCUT2D eigenvalue weighted by atomic mass is 35.5. The largest absolute Gasteiger partial charge is 0.359 e. The minimum atomic E-state index is -1.17. The van der Waals surface area contributed by atoms with Crippen LogP contribution in [0.2, 0.25) is 5.02 Å². The van der Waals surface area contributed by atoms with E-state index in [4.69, 9.17) is 17.3 Å². The molecule has 1 atom stereocenters. The summed E-state index contributed by atoms with van der Waals surface area (Å²) < 4.78 is 0. The minimum absolute atomic E-state index is 0.270. The van der Waals surface area contributed by atoms with Gasteiger partial charge in [-0.15, -0.1) is 0 Å². The predicted octanol–water partition coefficient (Wildman–Crippen LogP) is 2.06. The molecule has 3 rings (SSSR count). The van der Waals surface area contributed by atoms with Gasteiger partial charge >= 0.3 is 6.03 Å². The SMILES string of the molecule is CNC(=O)CC(C(=O)Nc1ccc(C2=NCCN2C)cc1)N(C(N)=O)c1ccc(Cl)cc1. The number of nitrogens with two attached hydrogens (primary N) is 1. The van der Waals surface area contributed by atoms with Gasteiger partial charge in [0, 0.05) is 42.6 Å². The number of rotatable bonds is 7. The molecule has 2 aromatic rings. The Morgan fingerprint density at radius 2 is 1.81 bits per heavy atom. The van der Waals surface area contributed by atoms with Gasteiger partial charge in [-0.25, -0.2) is 4.79 Å². The third-order valence-corrected chi connectivity index (χ3v) is 5.34. The van der Waals surface area contributed by atoms with Gasteiger partial charge in [0.25, 0.3) is 0 Å². The van der Waals surface area contributed by atoms with E-state index in [-0.39, 0.29) is 6.42 Å². The van der Waals surface area contributed by atoms with E-state index >= 15 is 0 Å². The molecule has 4 N–H and O–H groups in total. The van der Waals surface area contributed by atoms with Crippen molar-refractivity contribution in [2.45, 2.75) is 12.5 Å². The summed E-state index contributed by atoms with van der Waals surface area (Å²) in [4.78, 5) is 45.1. The number of carbonyl (C=O) groups is 3. The van der Waals surface area contributed by atoms with E-state index in [2.05, 4.69) is 20.5 Å². The maximum Gasteiger partial charge on any atom is 0.320 e. The minimum Gasteiger partial charge on any atom is -0.359 e. The zero-order valence-corrected chi connectivity index (χ0v) is 18.6. The molecular formula is C22H25ClN6O3. The van der Waals surface area contributed by atoms with Crippen molar-refractivity contribution in [3.05, 3.63) is 59.1 Å². The number of amides is 4. The third-order valence-electron chi connectivity index (χ3n) is 5.08. The van der Waals surface area contributed by atoms with Gasteiger partial charge < -0.3 is 21.3 Å². The van der Waals surface area contributed by atoms with E-state index in [9.17, 15) is 14.4 Å². The first kappa shape index (κ1) is 23.1. The lowest BCUT2D eigenvalue weighted by molar-refractivity contribution is -0.124. The zero-order chi connectivity index (χ0) is 23.3. The molecule has 0 radical (unpaired) electrons. The average Bonchev–Trinajstić information content (AvgIpc) is 3.20. The molecule has 10 heteroatoms. The molecule has 0 aliphatic carbocycles. The molecule has 1 aliphatic rings. The van der Waals surface area contributed by atoms with Crippen LogP contribution in [0, 0.1) is 0 Å². The molecule has 168 valence electrons. The van der Waals surface area contributed by atoms with Crippen LogP contribution in [0.4, 0.5) is 16.2 Å². The second-order valence-corrected chi connectivity index (χ2v) is 7.71. The van der Waals surface area contributed by atoms with Crippen molar-refractivity contribution < 1.29 is 14.4 Å². The highest BCUT2D eigenvalue weighted by molar-refractivity contribution is 6.30. The van der Waals surface area contributed by atoms with Crippen LogP contribution in [0.25, 0.3) is 0 Å². The van der Waals surface area contributed by atoms with Crippen LogP contribution in [-0.4, -0.2) is 61.8 Å². The van der Waals surface area contributed by atoms with Gasteiger partial charge in [0.2, 0.25) is 11.8 Å². The van der Waals surface area contributed by atoms with Crippen molar-refractivity contribution >= 4 is 46.7 Å². The Balaban J connectivity index is 1.84. The number of halogens is 1. The van der Waals surface area contributed by atoms with E-state index in [1.54, 1.807) is 36.4 Å². The number of benzene rings is 2. The van der Waals surface area contributed by atoms with Crippen molar-refractivity contribution in [1.29, 1.82) is 0 Å². The fourth-order valence-corrected chi connectivity index (χ4v) is 3.54. The monoisotopic (exact) mass is 456 g/mol. The van der Waals surface area contributed by atoms with Crippen LogP contribution < -0.4 is 21.3 Å². The van der Waals surface area contributed by atoms with E-state index < -0.39 is 23.9 Å². The van der Waals surface area contributed by atoms with Crippen molar-refractivity contribution in [2.24, 2.45) is 10.7 Å². The molecule has 9 nitrogen and oxygen atoms in total. The zero-order valence-electron chi connectivity index (χ0n) is 17.8. The number of carbonyl (C=O) groups excluding carboxylic acids is 3. The van der Waals surface area contributed by atoms with E-state index in [0.29, 0.717) is 16.4 Å². The lowest BCUT2D eigenvalue weighted by Gasteiger charge is -2.29. The second-order valence-electron chi connectivity index (χ2n) is 7.27. The van der Waals surface area contributed by atoms with Gasteiger partial charge in [-0.2, -0.15) is 0 Å². The van der Waals surface area contributed by atoms with E-state index in [1.807, 2.05) is 19.2 Å². The number of aliphatic imine (C=N–C) groups is 1. The third kappa shape index (κ3) is 5.36. The van der Waals surface area contributed by atoms with Gasteiger partial charge in [0.1, 0.15) is 11.9 Å². The molecule has 0 aromatic heterocycles. The molecule has 1 unspecified atom stereocenters. The molecule has 4 amide bonds. The maximum atomic E-state index is 13.1. The Morgan fingerprint density at radius 3 is 2.34 bits per heavy atom. The van der Waals surface area contributed by atoms with Gasteiger partial charge in [0.15, 0.2) is 0 Å². The lowest BCUT2D eigenvalue weighted by atomic mass is 10.1. The summed E-state index contributed by atoms with van der Waals surface area (Å²) in [6, 6.07) is 11.4. The van der Waals surface area contributed by atoms with Gasteiger partial charge in [-0.1, -0.05) is 11.6 Å². The molecule has 0 bridgehead atoms. The Kier molecular flexibility index (Phi) is 7.32. The number of amidine groups is 1. The van der Waals surface area contributed by atoms with E-state index in [0.717, 1.165) is 29.4 Å². The summed E-state index contributed by atoms with van der Waals surface area (Å²) in [7, 11) is 3.43. The average molecular weight is 457 g/mol. The first-order chi connectivity index (χ1) is 15.3. The highest BCUT2D eigenvalue weighted by Gasteiger charge is 2.32. The Bertz CT molecular complexity index is 1020. The number of urea groups is 1. The lowest BCUT2D eigenvalue weighted by Crippen LogP contribution is -2.51. The first-order valence-electron chi connectivity index (χ1n) is 10.0. The number of primary amides is 1. The summed E-state index contributed by atoms with van der Waals surface area (Å²) in [6.07, 6.45) is -0.270. The molecule has 0 saturated heterocycles. The summed E-state index contributed by atoms with van der Waals surface area (Å²) in [5.41, 5.74) is 7.38. The quantitative estimate of drug-likeness (QED) is 0.590. The number of hydrogen-bond donors (Lipinski definition) is 3. The molecule has 2 aromatic carbocycles. The van der Waals surface area contributed by atoms with Crippen molar-refractivity contribution in [1.82, 2.24) is 10.2 Å². The number of hydrogen-bond acceptors (Lipinski definition) is 5. The molecule has 1 aliphatic heterocycles. The summed E-state index contributed by atoms with van der Waals surface area (Å²) in [5, 5.41) is 5.70. The van der Waals surface area contributed by atoms with Gasteiger partial charge in [-0.05, 0) is 48.5 Å². The summed E-state index contributed by atoms with van der Waals surface area (Å²) in [6.45, 7) is 1.61. The standard InChI is InChI=1S/C22H25ClN6O3/c1-25-19(30)13-18(29(22(24)32)17-9-5-15(23)6-10-17)21(31)27-16-7-3-14(4-8-16)20-26-11-12-28(20)2/h3-10,18H,11-13H2,1-2H3,(H2,24,32)(H,25,30)(H,27,31). The number of likely N-dealkylation sites (N-methyl/N-ethyl adjacent to an activating group) is 1. The van der Waals surface area contributed by atoms with Crippen LogP contribution in [0.5, 0.6) is 0 Å². The highest BCUT2D eigenvalue weighted by Crippen LogP contribution is 2.23. The van der Waals surface area contributed by atoms with Crippen LogP contribution in [0.15, 0.2) is 53.5 Å². The van der Waals surface area contributed by atoms with Crippen molar-refractivity contribution in [3.8, 4) is 0 Å². The molecule has 0 spiro atoms. The number of nitrogens with one attached hydrogen (secondary N) is 2. The Labute approximate surface area is 191 Å². The molecule has 0 saturated carbocycles. The smallest absolute Gasteiger partial charge is 0.320 e. The summed E-state index contributed by atoms with van der Waals surface area (Å²) >= 11 is 5.93. The molecule has 32 heavy (non-hydrogen) atoms. The van der Waals surface area contributed by atoms with Gasteiger partial charge in [0.05, 0.1) is 13.0 Å². The van der Waals surface area contributed by atoms with Gasteiger partial charge in [-0.3, -0.25) is 19.5 Å².